The number of rotatable bonds is 4. The van der Waals surface area contributed by atoms with Crippen molar-refractivity contribution >= 4 is 17.7 Å². The summed E-state index contributed by atoms with van der Waals surface area (Å²) in [6, 6.07) is 13.5. The van der Waals surface area contributed by atoms with E-state index in [1.807, 2.05) is 41.8 Å². The van der Waals surface area contributed by atoms with Crippen molar-refractivity contribution in [2.75, 3.05) is 0 Å². The number of furan rings is 1. The quantitative estimate of drug-likeness (QED) is 0.542. The van der Waals surface area contributed by atoms with Gasteiger partial charge in [-0.3, -0.25) is 30.6 Å². The molecule has 0 aliphatic rings. The first-order chi connectivity index (χ1) is 12.9. The van der Waals surface area contributed by atoms with Crippen molar-refractivity contribution in [2.45, 2.75) is 13.8 Å². The number of hydrazine groups is 1. The van der Waals surface area contributed by atoms with Crippen LogP contribution in [0.1, 0.15) is 32.3 Å². The summed E-state index contributed by atoms with van der Waals surface area (Å²) in [5.41, 5.74) is 7.34. The smallest absolute Gasteiger partial charge is 0.395 e. The number of nitrogens with zero attached hydrogens (tertiary/aromatic N) is 2. The molecule has 0 unspecified atom stereocenters. The van der Waals surface area contributed by atoms with Crippen molar-refractivity contribution in [2.24, 2.45) is 0 Å². The lowest BCUT2D eigenvalue weighted by Crippen LogP contribution is -2.41. The van der Waals surface area contributed by atoms with Crippen LogP contribution in [-0.4, -0.2) is 21.3 Å². The van der Waals surface area contributed by atoms with Gasteiger partial charge >= 0.3 is 11.8 Å². The Hall–Kier alpha value is -3.88. The number of nitrogens with one attached hydrogen (secondary N) is 2. The highest BCUT2D eigenvalue weighted by Gasteiger charge is 2.20. The molecule has 138 valence electrons. The Balaban J connectivity index is 1.73. The summed E-state index contributed by atoms with van der Waals surface area (Å²) in [7, 11) is 0. The first-order valence-corrected chi connectivity index (χ1v) is 7.97. The molecule has 3 aromatic rings. The largest absolute Gasteiger partial charge is 0.433 e. The minimum absolute atomic E-state index is 0.281. The Morgan fingerprint density at radius 3 is 2.33 bits per heavy atom. The Morgan fingerprint density at radius 2 is 1.70 bits per heavy atom. The van der Waals surface area contributed by atoms with Crippen LogP contribution < -0.4 is 10.9 Å². The maximum atomic E-state index is 12.4. The monoisotopic (exact) mass is 368 g/mol. The number of nitro groups is 1. The van der Waals surface area contributed by atoms with E-state index in [2.05, 4.69) is 10.9 Å². The predicted molar refractivity (Wildman–Crippen MR) is 95.5 cm³/mol. The van der Waals surface area contributed by atoms with Gasteiger partial charge in [0.1, 0.15) is 4.92 Å². The highest BCUT2D eigenvalue weighted by atomic mass is 16.6. The van der Waals surface area contributed by atoms with Gasteiger partial charge in [0, 0.05) is 17.1 Å². The van der Waals surface area contributed by atoms with Crippen molar-refractivity contribution in [3.05, 3.63) is 81.4 Å². The van der Waals surface area contributed by atoms with E-state index in [4.69, 9.17) is 4.42 Å². The van der Waals surface area contributed by atoms with Crippen molar-refractivity contribution in [3.8, 4) is 5.69 Å². The lowest BCUT2D eigenvalue weighted by molar-refractivity contribution is -0.402. The lowest BCUT2D eigenvalue weighted by Gasteiger charge is -2.10. The summed E-state index contributed by atoms with van der Waals surface area (Å²) in [5.74, 6) is -2.15. The van der Waals surface area contributed by atoms with Crippen LogP contribution in [-0.2, 0) is 0 Å². The van der Waals surface area contributed by atoms with E-state index in [0.717, 1.165) is 23.5 Å². The number of aryl methyl sites for hydroxylation is 1. The molecule has 1 aromatic carbocycles. The molecule has 0 spiro atoms. The fourth-order valence-corrected chi connectivity index (χ4v) is 2.76. The van der Waals surface area contributed by atoms with Gasteiger partial charge in [0.25, 0.3) is 5.91 Å². The second-order valence-corrected chi connectivity index (χ2v) is 5.76. The molecular weight excluding hydrogens is 352 g/mol. The minimum atomic E-state index is -0.798. The van der Waals surface area contributed by atoms with Crippen LogP contribution in [0.4, 0.5) is 5.88 Å². The summed E-state index contributed by atoms with van der Waals surface area (Å²) in [6.07, 6.45) is 0. The summed E-state index contributed by atoms with van der Waals surface area (Å²) in [6.45, 7) is 3.67. The van der Waals surface area contributed by atoms with Gasteiger partial charge in [-0.05, 0) is 38.1 Å². The molecule has 9 nitrogen and oxygen atoms in total. The van der Waals surface area contributed by atoms with Gasteiger partial charge in [0.05, 0.1) is 11.6 Å². The van der Waals surface area contributed by atoms with Crippen molar-refractivity contribution < 1.29 is 18.9 Å². The van der Waals surface area contributed by atoms with Crippen LogP contribution >= 0.6 is 0 Å². The van der Waals surface area contributed by atoms with Crippen LogP contribution in [0.15, 0.2) is 52.9 Å². The zero-order valence-corrected chi connectivity index (χ0v) is 14.6. The highest BCUT2D eigenvalue weighted by molar-refractivity contribution is 5.99. The van der Waals surface area contributed by atoms with E-state index in [-0.39, 0.29) is 5.76 Å². The van der Waals surface area contributed by atoms with Gasteiger partial charge in [-0.25, -0.2) is 0 Å². The van der Waals surface area contributed by atoms with Gasteiger partial charge in [0.2, 0.25) is 5.76 Å². The average molecular weight is 368 g/mol. The maximum absolute atomic E-state index is 12.4. The second-order valence-electron chi connectivity index (χ2n) is 5.76. The molecule has 0 aliphatic carbocycles. The average Bonchev–Trinajstić information content (AvgIpc) is 3.25. The van der Waals surface area contributed by atoms with E-state index < -0.39 is 22.6 Å². The number of amides is 2. The van der Waals surface area contributed by atoms with E-state index in [1.54, 1.807) is 13.0 Å². The molecule has 27 heavy (non-hydrogen) atoms. The molecule has 0 bridgehead atoms. The number of hydrogen-bond acceptors (Lipinski definition) is 5. The molecule has 2 amide bonds. The fraction of sp³-hybridized carbons (Fsp3) is 0.111. The molecule has 9 heteroatoms. The zero-order chi connectivity index (χ0) is 19.6. The van der Waals surface area contributed by atoms with Crippen molar-refractivity contribution in [1.29, 1.82) is 0 Å². The van der Waals surface area contributed by atoms with Gasteiger partial charge in [-0.1, -0.05) is 18.2 Å². The third kappa shape index (κ3) is 3.56. The number of para-hydroxylation sites is 1. The SMILES string of the molecule is Cc1cc(C(=O)NNC(=O)c2ccc([N+](=O)[O-])o2)c(C)n1-c1ccccc1. The summed E-state index contributed by atoms with van der Waals surface area (Å²) >= 11 is 0. The van der Waals surface area contributed by atoms with Crippen LogP contribution in [0.3, 0.4) is 0 Å². The van der Waals surface area contributed by atoms with Gasteiger partial charge in [-0.15, -0.1) is 0 Å². The number of benzene rings is 1. The molecule has 0 saturated carbocycles. The molecule has 2 N–H and O–H groups in total. The van der Waals surface area contributed by atoms with E-state index in [0.29, 0.717) is 11.3 Å². The Morgan fingerprint density at radius 1 is 1.04 bits per heavy atom. The predicted octanol–water partition coefficient (Wildman–Crippen LogP) is 2.67. The van der Waals surface area contributed by atoms with Crippen LogP contribution in [0.25, 0.3) is 5.69 Å². The Kier molecular flexibility index (Phi) is 4.75. The number of aromatic nitrogens is 1. The van der Waals surface area contributed by atoms with E-state index in [1.165, 1.54) is 0 Å². The first-order valence-electron chi connectivity index (χ1n) is 7.97. The lowest BCUT2D eigenvalue weighted by atomic mass is 10.2. The molecule has 0 aliphatic heterocycles. The maximum Gasteiger partial charge on any atom is 0.433 e. The summed E-state index contributed by atoms with van der Waals surface area (Å²) in [5, 5.41) is 10.6. The molecule has 2 heterocycles. The Labute approximate surface area is 153 Å². The molecule has 0 atom stereocenters. The normalized spacial score (nSPS) is 10.4. The molecule has 0 fully saturated rings. The standard InChI is InChI=1S/C18H16N4O5/c1-11-10-14(12(2)21(11)13-6-4-3-5-7-13)17(23)19-20-18(24)15-8-9-16(27-15)22(25)26/h3-10H,1-2H3,(H,19,23)(H,20,24). The van der Waals surface area contributed by atoms with Crippen LogP contribution in [0.5, 0.6) is 0 Å². The second kappa shape index (κ2) is 7.16. The van der Waals surface area contributed by atoms with Gasteiger partial charge in [0.15, 0.2) is 0 Å². The summed E-state index contributed by atoms with van der Waals surface area (Å²) in [4.78, 5) is 34.2. The molecule has 3 rings (SSSR count). The number of carbonyl (C=O) groups excluding carboxylic acids is 2. The molecule has 2 aromatic heterocycles. The highest BCUT2D eigenvalue weighted by Crippen LogP contribution is 2.20. The Bertz CT molecular complexity index is 1020. The molecule has 0 saturated heterocycles. The van der Waals surface area contributed by atoms with Gasteiger partial charge < -0.3 is 8.98 Å². The third-order valence-electron chi connectivity index (χ3n) is 3.98. The fourth-order valence-electron chi connectivity index (χ4n) is 2.76. The molecule has 0 radical (unpaired) electrons. The first kappa shape index (κ1) is 17.9. The minimum Gasteiger partial charge on any atom is -0.395 e. The summed E-state index contributed by atoms with van der Waals surface area (Å²) < 4.78 is 6.71. The van der Waals surface area contributed by atoms with E-state index in [9.17, 15) is 19.7 Å². The topological polar surface area (TPSA) is 119 Å². The van der Waals surface area contributed by atoms with Crippen LogP contribution in [0.2, 0.25) is 0 Å². The zero-order valence-electron chi connectivity index (χ0n) is 14.6. The van der Waals surface area contributed by atoms with Crippen molar-refractivity contribution in [1.82, 2.24) is 15.4 Å². The number of hydrogen-bond donors (Lipinski definition) is 2. The number of carbonyl (C=O) groups is 2. The van der Waals surface area contributed by atoms with Crippen molar-refractivity contribution in [3.63, 3.8) is 0 Å². The third-order valence-corrected chi connectivity index (χ3v) is 3.98. The van der Waals surface area contributed by atoms with Crippen LogP contribution in [0, 0.1) is 24.0 Å². The van der Waals surface area contributed by atoms with E-state index >= 15 is 0 Å². The van der Waals surface area contributed by atoms with Gasteiger partial charge in [-0.2, -0.15) is 0 Å². The molecular formula is C18H16N4O5.